The van der Waals surface area contributed by atoms with Crippen LogP contribution in [0.15, 0.2) is 45.3 Å². The molecule has 0 spiro atoms. The number of nitrogens with zero attached hydrogens (tertiary/aromatic N) is 3. The number of carbonyl (C=O) groups excluding carboxylic acids is 1. The van der Waals surface area contributed by atoms with E-state index in [9.17, 15) is 4.79 Å². The van der Waals surface area contributed by atoms with Crippen LogP contribution in [0.3, 0.4) is 0 Å². The van der Waals surface area contributed by atoms with Gasteiger partial charge in [-0.05, 0) is 30.2 Å². The van der Waals surface area contributed by atoms with Gasteiger partial charge in [-0.2, -0.15) is 0 Å². The van der Waals surface area contributed by atoms with Crippen molar-refractivity contribution in [2.75, 3.05) is 18.6 Å². The fourth-order valence-corrected chi connectivity index (χ4v) is 2.74. The van der Waals surface area contributed by atoms with Crippen molar-refractivity contribution in [1.82, 2.24) is 5.32 Å². The minimum atomic E-state index is -0.440. The maximum absolute atomic E-state index is 12.2. The van der Waals surface area contributed by atoms with Crippen LogP contribution in [0.25, 0.3) is 11.6 Å². The molecule has 0 bridgehead atoms. The molecule has 0 aliphatic carbocycles. The van der Waals surface area contributed by atoms with Crippen molar-refractivity contribution in [1.29, 1.82) is 0 Å². The number of anilines is 1. The highest BCUT2D eigenvalue weighted by atomic mass is 16.5. The van der Waals surface area contributed by atoms with E-state index in [2.05, 4.69) is 26.0 Å². The normalized spacial score (nSPS) is 19.2. The SMILES string of the molecule is CCOC(=O)C1=Cc2ccc(C3=CNCN=C3)cc2NC(N=NN)C1. The Bertz CT molecular complexity index is 781. The number of rotatable bonds is 4. The van der Waals surface area contributed by atoms with E-state index in [1.807, 2.05) is 36.7 Å². The number of esters is 1. The van der Waals surface area contributed by atoms with Crippen molar-refractivity contribution >= 4 is 29.5 Å². The lowest BCUT2D eigenvalue weighted by Gasteiger charge is -2.15. The average Bonchev–Trinajstić information content (AvgIpc) is 2.81. The van der Waals surface area contributed by atoms with Crippen LogP contribution in [0.5, 0.6) is 0 Å². The Balaban J connectivity index is 1.98. The van der Waals surface area contributed by atoms with E-state index >= 15 is 0 Å². The molecule has 0 fully saturated rings. The van der Waals surface area contributed by atoms with Gasteiger partial charge in [-0.15, -0.1) is 5.11 Å². The molecule has 0 radical (unpaired) electrons. The number of aliphatic imine (C=N–C) groups is 1. The first-order chi connectivity index (χ1) is 12.2. The zero-order valence-electron chi connectivity index (χ0n) is 13.9. The molecule has 1 aromatic rings. The summed E-state index contributed by atoms with van der Waals surface area (Å²) in [5.74, 6) is 4.85. The lowest BCUT2D eigenvalue weighted by Crippen LogP contribution is -2.19. The van der Waals surface area contributed by atoms with Crippen LogP contribution in [0.2, 0.25) is 0 Å². The second-order valence-electron chi connectivity index (χ2n) is 5.56. The summed E-state index contributed by atoms with van der Waals surface area (Å²) in [4.78, 5) is 16.4. The third-order valence-electron chi connectivity index (χ3n) is 3.87. The number of hydrogen-bond donors (Lipinski definition) is 3. The molecular formula is C17H20N6O2. The van der Waals surface area contributed by atoms with E-state index in [1.54, 1.807) is 6.92 Å². The van der Waals surface area contributed by atoms with Gasteiger partial charge in [0.15, 0.2) is 0 Å². The molecule has 130 valence electrons. The van der Waals surface area contributed by atoms with Gasteiger partial charge >= 0.3 is 5.97 Å². The summed E-state index contributed by atoms with van der Waals surface area (Å²) in [5, 5.41) is 13.7. The molecule has 3 rings (SSSR count). The molecule has 2 heterocycles. The topological polar surface area (TPSA) is 113 Å². The lowest BCUT2D eigenvalue weighted by atomic mass is 10.0. The maximum atomic E-state index is 12.2. The molecule has 1 aromatic carbocycles. The van der Waals surface area contributed by atoms with E-state index in [0.29, 0.717) is 25.3 Å². The number of ether oxygens (including phenoxy) is 1. The highest BCUT2D eigenvalue weighted by Gasteiger charge is 2.22. The quantitative estimate of drug-likeness (QED) is 0.336. The smallest absolute Gasteiger partial charge is 0.334 e. The number of nitrogens with one attached hydrogen (secondary N) is 2. The van der Waals surface area contributed by atoms with Gasteiger partial charge in [-0.25, -0.2) is 4.79 Å². The lowest BCUT2D eigenvalue weighted by molar-refractivity contribution is -0.138. The number of nitrogens with two attached hydrogens (primary N) is 1. The Hall–Kier alpha value is -3.16. The van der Waals surface area contributed by atoms with Crippen LogP contribution in [0.4, 0.5) is 5.69 Å². The van der Waals surface area contributed by atoms with Gasteiger partial charge in [-0.1, -0.05) is 17.4 Å². The van der Waals surface area contributed by atoms with Crippen molar-refractivity contribution < 1.29 is 9.53 Å². The third-order valence-corrected chi connectivity index (χ3v) is 3.87. The van der Waals surface area contributed by atoms with Gasteiger partial charge in [0.05, 0.1) is 6.61 Å². The fourth-order valence-electron chi connectivity index (χ4n) is 2.74. The van der Waals surface area contributed by atoms with Crippen molar-refractivity contribution in [3.63, 3.8) is 0 Å². The monoisotopic (exact) mass is 340 g/mol. The maximum Gasteiger partial charge on any atom is 0.334 e. The number of fused-ring (bicyclic) bond motifs is 1. The van der Waals surface area contributed by atoms with Gasteiger partial charge in [0.2, 0.25) is 0 Å². The zero-order valence-corrected chi connectivity index (χ0v) is 13.9. The minimum Gasteiger partial charge on any atom is -0.463 e. The largest absolute Gasteiger partial charge is 0.463 e. The van der Waals surface area contributed by atoms with Crippen LogP contribution < -0.4 is 16.5 Å². The van der Waals surface area contributed by atoms with Gasteiger partial charge in [0.25, 0.3) is 0 Å². The summed E-state index contributed by atoms with van der Waals surface area (Å²) in [6, 6.07) is 5.92. The highest BCUT2D eigenvalue weighted by Crippen LogP contribution is 2.30. The van der Waals surface area contributed by atoms with E-state index in [1.165, 1.54) is 0 Å². The molecule has 2 aliphatic rings. The summed E-state index contributed by atoms with van der Waals surface area (Å²) < 4.78 is 5.12. The van der Waals surface area contributed by atoms with Crippen LogP contribution in [-0.4, -0.2) is 31.6 Å². The van der Waals surface area contributed by atoms with Gasteiger partial charge in [0.1, 0.15) is 12.8 Å². The summed E-state index contributed by atoms with van der Waals surface area (Å²) >= 11 is 0. The van der Waals surface area contributed by atoms with Crippen LogP contribution in [-0.2, 0) is 9.53 Å². The molecule has 2 aliphatic heterocycles. The number of benzene rings is 1. The summed E-state index contributed by atoms with van der Waals surface area (Å²) in [7, 11) is 0. The van der Waals surface area contributed by atoms with Gasteiger partial charge in [-0.3, -0.25) is 4.99 Å². The summed E-state index contributed by atoms with van der Waals surface area (Å²) in [6.45, 7) is 2.68. The first-order valence-electron chi connectivity index (χ1n) is 8.03. The second-order valence-corrected chi connectivity index (χ2v) is 5.56. The predicted molar refractivity (Wildman–Crippen MR) is 96.6 cm³/mol. The highest BCUT2D eigenvalue weighted by molar-refractivity contribution is 6.10. The number of hydrogen-bond acceptors (Lipinski definition) is 7. The standard InChI is InChI=1S/C17H20N6O2/c1-2-25-17(24)13-5-12-4-3-11(14-8-19-10-20-9-14)6-15(12)21-16(7-13)22-23-18/h3-6,8-9,16,19,21H,2,7,10H2,1H3,(H2,18,22). The van der Waals surface area contributed by atoms with E-state index < -0.39 is 6.17 Å². The molecule has 8 nitrogen and oxygen atoms in total. The molecule has 1 atom stereocenters. The predicted octanol–water partition coefficient (Wildman–Crippen LogP) is 2.07. The van der Waals surface area contributed by atoms with Crippen LogP contribution >= 0.6 is 0 Å². The molecule has 4 N–H and O–H groups in total. The van der Waals surface area contributed by atoms with E-state index in [-0.39, 0.29) is 5.97 Å². The Morgan fingerprint density at radius 2 is 2.36 bits per heavy atom. The van der Waals surface area contributed by atoms with E-state index in [4.69, 9.17) is 10.6 Å². The van der Waals surface area contributed by atoms with Crippen LogP contribution in [0.1, 0.15) is 24.5 Å². The van der Waals surface area contributed by atoms with Crippen LogP contribution in [0, 0.1) is 0 Å². The molecule has 1 unspecified atom stereocenters. The molecule has 8 heteroatoms. The average molecular weight is 340 g/mol. The molecular weight excluding hydrogens is 320 g/mol. The van der Waals surface area contributed by atoms with Crippen molar-refractivity contribution in [3.05, 3.63) is 41.1 Å². The first-order valence-corrected chi connectivity index (χ1v) is 8.03. The Labute approximate surface area is 145 Å². The van der Waals surface area contributed by atoms with Crippen molar-refractivity contribution in [2.24, 2.45) is 21.2 Å². The molecule has 25 heavy (non-hydrogen) atoms. The number of carbonyl (C=O) groups is 1. The minimum absolute atomic E-state index is 0.318. The van der Waals surface area contributed by atoms with E-state index in [0.717, 1.165) is 22.4 Å². The number of allylic oxidation sites excluding steroid dienone is 1. The van der Waals surface area contributed by atoms with Gasteiger partial charge < -0.3 is 21.2 Å². The second kappa shape index (κ2) is 7.61. The van der Waals surface area contributed by atoms with Crippen molar-refractivity contribution in [3.8, 4) is 0 Å². The molecule has 0 saturated heterocycles. The fraction of sp³-hybridized carbons (Fsp3) is 0.294. The molecule has 0 aromatic heterocycles. The Morgan fingerprint density at radius 1 is 1.48 bits per heavy atom. The summed E-state index contributed by atoms with van der Waals surface area (Å²) in [6.07, 6.45) is 5.46. The Kier molecular flexibility index (Phi) is 5.08. The van der Waals surface area contributed by atoms with Gasteiger partial charge in [0, 0.05) is 35.7 Å². The molecule has 0 saturated carbocycles. The zero-order chi connectivity index (χ0) is 17.6. The van der Waals surface area contributed by atoms with Crippen molar-refractivity contribution in [2.45, 2.75) is 19.5 Å². The molecule has 0 amide bonds. The summed E-state index contributed by atoms with van der Waals surface area (Å²) in [5.41, 5.74) is 4.22. The Morgan fingerprint density at radius 3 is 3.08 bits per heavy atom. The third kappa shape index (κ3) is 3.85. The first kappa shape index (κ1) is 16.7.